The van der Waals surface area contributed by atoms with Crippen molar-refractivity contribution in [1.82, 2.24) is 20.2 Å². The van der Waals surface area contributed by atoms with Crippen LogP contribution in [0.2, 0.25) is 0 Å². The van der Waals surface area contributed by atoms with Gasteiger partial charge in [-0.3, -0.25) is 5.10 Å². The first-order chi connectivity index (χ1) is 13.1. The van der Waals surface area contributed by atoms with Crippen molar-refractivity contribution in [2.24, 2.45) is 0 Å². The largest absolute Gasteiger partial charge is 0.496 e. The molecule has 1 fully saturated rings. The van der Waals surface area contributed by atoms with E-state index in [4.69, 9.17) is 4.74 Å². The minimum absolute atomic E-state index is 0.544. The molecular weight excluding hydrogens is 408 g/mol. The average molecular weight is 429 g/mol. The van der Waals surface area contributed by atoms with Crippen LogP contribution < -0.4 is 15.4 Å². The highest BCUT2D eigenvalue weighted by molar-refractivity contribution is 9.10. The minimum atomic E-state index is 0.544. The third-order valence-electron chi connectivity index (χ3n) is 4.51. The van der Waals surface area contributed by atoms with E-state index in [0.717, 1.165) is 32.9 Å². The molecule has 8 heteroatoms. The number of aryl methyl sites for hydroxylation is 1. The summed E-state index contributed by atoms with van der Waals surface area (Å²) >= 11 is 3.49. The zero-order valence-electron chi connectivity index (χ0n) is 15.2. The van der Waals surface area contributed by atoms with Crippen molar-refractivity contribution in [1.29, 1.82) is 0 Å². The van der Waals surface area contributed by atoms with E-state index in [1.165, 1.54) is 12.8 Å². The minimum Gasteiger partial charge on any atom is -0.496 e. The number of H-pyrrole nitrogens is 1. The molecule has 0 radical (unpaired) electrons. The van der Waals surface area contributed by atoms with Crippen molar-refractivity contribution in [2.45, 2.75) is 32.2 Å². The first kappa shape index (κ1) is 17.8. The lowest BCUT2D eigenvalue weighted by Crippen LogP contribution is -2.06. The van der Waals surface area contributed by atoms with Gasteiger partial charge in [-0.2, -0.15) is 10.1 Å². The maximum Gasteiger partial charge on any atom is 0.224 e. The van der Waals surface area contributed by atoms with E-state index in [2.05, 4.69) is 52.8 Å². The van der Waals surface area contributed by atoms with Gasteiger partial charge in [-0.1, -0.05) is 12.1 Å². The zero-order valence-corrected chi connectivity index (χ0v) is 16.8. The van der Waals surface area contributed by atoms with Crippen LogP contribution in [-0.4, -0.2) is 27.3 Å². The van der Waals surface area contributed by atoms with E-state index in [1.54, 1.807) is 13.3 Å². The van der Waals surface area contributed by atoms with Gasteiger partial charge >= 0.3 is 0 Å². The Morgan fingerprint density at radius 3 is 2.93 bits per heavy atom. The van der Waals surface area contributed by atoms with Crippen LogP contribution in [0.1, 0.15) is 35.6 Å². The molecule has 0 bridgehead atoms. The molecule has 1 aromatic carbocycles. The standard InChI is InChI=1S/C19H21BrN6O/c1-11-3-4-12(7-16(11)27-2)9-21-19-22-10-14(20)18(24-19)23-17-8-15(25-26-17)13-5-6-13/h3-4,7-8,10,13H,5-6,9H2,1-2H3,(H3,21,22,23,24,25,26). The lowest BCUT2D eigenvalue weighted by molar-refractivity contribution is 0.411. The third kappa shape index (κ3) is 4.21. The highest BCUT2D eigenvalue weighted by atomic mass is 79.9. The van der Waals surface area contributed by atoms with E-state index < -0.39 is 0 Å². The fraction of sp³-hybridized carbons (Fsp3) is 0.316. The number of benzene rings is 1. The van der Waals surface area contributed by atoms with E-state index in [0.29, 0.717) is 24.2 Å². The summed E-state index contributed by atoms with van der Waals surface area (Å²) in [4.78, 5) is 8.89. The second-order valence-corrected chi connectivity index (χ2v) is 7.51. The molecule has 3 aromatic rings. The van der Waals surface area contributed by atoms with Crippen LogP contribution in [0.3, 0.4) is 0 Å². The molecule has 0 saturated heterocycles. The molecule has 1 aliphatic rings. The summed E-state index contributed by atoms with van der Waals surface area (Å²) in [7, 11) is 1.68. The number of anilines is 3. The Morgan fingerprint density at radius 1 is 1.30 bits per heavy atom. The summed E-state index contributed by atoms with van der Waals surface area (Å²) < 4.78 is 6.16. The Bertz CT molecular complexity index is 953. The van der Waals surface area contributed by atoms with Crippen LogP contribution >= 0.6 is 15.9 Å². The number of hydrogen-bond acceptors (Lipinski definition) is 6. The number of methoxy groups -OCH3 is 1. The molecular formula is C19H21BrN6O. The number of aromatic amines is 1. The summed E-state index contributed by atoms with van der Waals surface area (Å²) in [5, 5.41) is 13.9. The summed E-state index contributed by atoms with van der Waals surface area (Å²) in [6.45, 7) is 2.63. The first-order valence-electron chi connectivity index (χ1n) is 8.84. The normalized spacial score (nSPS) is 13.4. The van der Waals surface area contributed by atoms with Crippen molar-refractivity contribution in [2.75, 3.05) is 17.7 Å². The molecule has 1 saturated carbocycles. The molecule has 0 aliphatic heterocycles. The van der Waals surface area contributed by atoms with E-state index in [9.17, 15) is 0 Å². The second kappa shape index (κ2) is 7.56. The maximum atomic E-state index is 5.38. The van der Waals surface area contributed by atoms with Gasteiger partial charge in [0.25, 0.3) is 0 Å². The topological polar surface area (TPSA) is 87.8 Å². The number of nitrogens with one attached hydrogen (secondary N) is 3. The first-order valence-corrected chi connectivity index (χ1v) is 9.64. The van der Waals surface area contributed by atoms with Gasteiger partial charge in [0.05, 0.1) is 17.3 Å². The number of hydrogen-bond donors (Lipinski definition) is 3. The van der Waals surface area contributed by atoms with Gasteiger partial charge in [-0.15, -0.1) is 0 Å². The summed E-state index contributed by atoms with van der Waals surface area (Å²) in [5.41, 5.74) is 3.31. The Labute approximate surface area is 166 Å². The average Bonchev–Trinajstić information content (AvgIpc) is 3.42. The highest BCUT2D eigenvalue weighted by Gasteiger charge is 2.26. The molecule has 2 heterocycles. The molecule has 2 aromatic heterocycles. The number of aromatic nitrogens is 4. The van der Waals surface area contributed by atoms with Gasteiger partial charge in [0.2, 0.25) is 5.95 Å². The molecule has 7 nitrogen and oxygen atoms in total. The lowest BCUT2D eigenvalue weighted by atomic mass is 10.1. The smallest absolute Gasteiger partial charge is 0.224 e. The molecule has 3 N–H and O–H groups in total. The quantitative estimate of drug-likeness (QED) is 0.512. The fourth-order valence-corrected chi connectivity index (χ4v) is 3.10. The van der Waals surface area contributed by atoms with Crippen molar-refractivity contribution < 1.29 is 4.74 Å². The second-order valence-electron chi connectivity index (χ2n) is 6.65. The number of nitrogens with zero attached hydrogens (tertiary/aromatic N) is 3. The van der Waals surface area contributed by atoms with Crippen molar-refractivity contribution in [3.8, 4) is 5.75 Å². The number of halogens is 1. The maximum absolute atomic E-state index is 5.38. The predicted octanol–water partition coefficient (Wildman–Crippen LogP) is 4.51. The molecule has 0 atom stereocenters. The van der Waals surface area contributed by atoms with Crippen LogP contribution in [0.4, 0.5) is 17.6 Å². The Kier molecular flexibility index (Phi) is 4.98. The molecule has 27 heavy (non-hydrogen) atoms. The Hall–Kier alpha value is -2.61. The van der Waals surface area contributed by atoms with Gasteiger partial charge in [0.15, 0.2) is 5.82 Å². The summed E-state index contributed by atoms with van der Waals surface area (Å²) in [5.74, 6) is 3.53. The van der Waals surface area contributed by atoms with Crippen molar-refractivity contribution in [3.63, 3.8) is 0 Å². The monoisotopic (exact) mass is 428 g/mol. The van der Waals surface area contributed by atoms with Gasteiger partial charge in [-0.25, -0.2) is 4.98 Å². The fourth-order valence-electron chi connectivity index (χ4n) is 2.81. The molecule has 4 rings (SSSR count). The van der Waals surface area contributed by atoms with E-state index in [1.807, 2.05) is 25.1 Å². The highest BCUT2D eigenvalue weighted by Crippen LogP contribution is 2.39. The van der Waals surface area contributed by atoms with Gasteiger partial charge in [-0.05, 0) is 52.9 Å². The summed E-state index contributed by atoms with van der Waals surface area (Å²) in [6.07, 6.45) is 4.17. The molecule has 140 valence electrons. The van der Waals surface area contributed by atoms with E-state index in [-0.39, 0.29) is 0 Å². The van der Waals surface area contributed by atoms with E-state index >= 15 is 0 Å². The SMILES string of the molecule is COc1cc(CNc2ncc(Br)c(Nc3cc(C4CC4)n[nH]3)n2)ccc1C. The predicted molar refractivity (Wildman–Crippen MR) is 109 cm³/mol. The number of ether oxygens (including phenoxy) is 1. The Balaban J connectivity index is 1.45. The lowest BCUT2D eigenvalue weighted by Gasteiger charge is -2.10. The molecule has 1 aliphatic carbocycles. The summed E-state index contributed by atoms with van der Waals surface area (Å²) in [6, 6.07) is 8.16. The third-order valence-corrected chi connectivity index (χ3v) is 5.09. The van der Waals surface area contributed by atoms with Crippen LogP contribution in [0, 0.1) is 6.92 Å². The van der Waals surface area contributed by atoms with Crippen molar-refractivity contribution in [3.05, 3.63) is 51.8 Å². The molecule has 0 amide bonds. The Morgan fingerprint density at radius 2 is 2.15 bits per heavy atom. The van der Waals surface area contributed by atoms with Crippen LogP contribution in [0.25, 0.3) is 0 Å². The van der Waals surface area contributed by atoms with Crippen molar-refractivity contribution >= 4 is 33.5 Å². The molecule has 0 spiro atoms. The number of rotatable bonds is 7. The van der Waals surface area contributed by atoms with Gasteiger partial charge < -0.3 is 15.4 Å². The van der Waals surface area contributed by atoms with Crippen LogP contribution in [-0.2, 0) is 6.54 Å². The van der Waals surface area contributed by atoms with Gasteiger partial charge in [0, 0.05) is 24.7 Å². The zero-order chi connectivity index (χ0) is 18.8. The van der Waals surface area contributed by atoms with Gasteiger partial charge in [0.1, 0.15) is 11.6 Å². The molecule has 0 unspecified atom stereocenters. The van der Waals surface area contributed by atoms with Crippen LogP contribution in [0.15, 0.2) is 34.9 Å². The van der Waals surface area contributed by atoms with Crippen LogP contribution in [0.5, 0.6) is 5.75 Å².